The van der Waals surface area contributed by atoms with Crippen molar-refractivity contribution in [3.05, 3.63) is 29.8 Å². The van der Waals surface area contributed by atoms with E-state index in [-0.39, 0.29) is 13.2 Å². The van der Waals surface area contributed by atoms with Gasteiger partial charge in [0, 0.05) is 6.42 Å². The highest BCUT2D eigenvalue weighted by Gasteiger charge is 2.16. The molecule has 2 rings (SSSR count). The van der Waals surface area contributed by atoms with E-state index in [2.05, 4.69) is 0 Å². The second-order valence-electron chi connectivity index (χ2n) is 2.52. The lowest BCUT2D eigenvalue weighted by molar-refractivity contribution is 0.0933. The van der Waals surface area contributed by atoms with Crippen LogP contribution in [0.1, 0.15) is 24.2 Å². The molecule has 0 aromatic heterocycles. The second-order valence-corrected chi connectivity index (χ2v) is 2.52. The van der Waals surface area contributed by atoms with Gasteiger partial charge in [0.05, 0.1) is 12.2 Å². The molecule has 2 heteroatoms. The number of para-hydroxylation sites is 1. The molecule has 0 amide bonds. The molecule has 64 valence electrons. The molecule has 0 bridgehead atoms. The van der Waals surface area contributed by atoms with E-state index in [9.17, 15) is 4.79 Å². The van der Waals surface area contributed by atoms with Crippen molar-refractivity contribution in [1.29, 1.82) is 0 Å². The zero-order chi connectivity index (χ0) is 7.68. The van der Waals surface area contributed by atoms with E-state index in [1.807, 2.05) is 18.2 Å². The van der Waals surface area contributed by atoms with Crippen molar-refractivity contribution >= 4 is 5.78 Å². The summed E-state index contributed by atoms with van der Waals surface area (Å²) in [6, 6.07) is 7.35. The second kappa shape index (κ2) is 3.39. The van der Waals surface area contributed by atoms with E-state index in [0.717, 1.165) is 11.3 Å². The summed E-state index contributed by atoms with van der Waals surface area (Å²) in [6.45, 7) is 0.524. The van der Waals surface area contributed by atoms with Gasteiger partial charge in [-0.2, -0.15) is 0 Å². The third-order valence-electron chi connectivity index (χ3n) is 1.77. The minimum atomic E-state index is 0. The highest BCUT2D eigenvalue weighted by atomic mass is 16.5. The molecular formula is C10H12O2. The number of Topliss-reactive ketones (excluding diaryl/α,β-unsaturated/α-hetero) is 1. The van der Waals surface area contributed by atoms with Crippen LogP contribution in [0.15, 0.2) is 24.3 Å². The Bertz CT molecular complexity index is 292. The summed E-state index contributed by atoms with van der Waals surface area (Å²) in [7, 11) is 0. The Labute approximate surface area is 72.2 Å². The Kier molecular flexibility index (Phi) is 2.48. The fourth-order valence-corrected chi connectivity index (χ4v) is 1.21. The molecule has 0 unspecified atom stereocenters. The van der Waals surface area contributed by atoms with Gasteiger partial charge in [0.1, 0.15) is 5.75 Å². The molecule has 1 aliphatic rings. The van der Waals surface area contributed by atoms with Gasteiger partial charge in [0.25, 0.3) is 0 Å². The summed E-state index contributed by atoms with van der Waals surface area (Å²) in [5, 5.41) is 0. The smallest absolute Gasteiger partial charge is 0.169 e. The first-order valence-corrected chi connectivity index (χ1v) is 3.63. The maximum atomic E-state index is 11.2. The molecule has 0 saturated heterocycles. The van der Waals surface area contributed by atoms with Crippen molar-refractivity contribution in [2.45, 2.75) is 13.8 Å². The van der Waals surface area contributed by atoms with Gasteiger partial charge < -0.3 is 4.74 Å². The Hall–Kier alpha value is -1.31. The van der Waals surface area contributed by atoms with Crippen LogP contribution in [0.25, 0.3) is 0 Å². The first-order valence-electron chi connectivity index (χ1n) is 3.63. The van der Waals surface area contributed by atoms with Crippen LogP contribution >= 0.6 is 0 Å². The number of benzene rings is 1. The number of hydrogen-bond acceptors (Lipinski definition) is 2. The lowest BCUT2D eigenvalue weighted by atomic mass is 10.1. The number of hydrogen-bond donors (Lipinski definition) is 0. The quantitative estimate of drug-likeness (QED) is 0.588. The lowest BCUT2D eigenvalue weighted by Gasteiger charge is -2.14. The topological polar surface area (TPSA) is 26.3 Å². The lowest BCUT2D eigenvalue weighted by Crippen LogP contribution is -2.14. The number of carbonyl (C=O) groups is 1. The van der Waals surface area contributed by atoms with Crippen LogP contribution in [0.2, 0.25) is 0 Å². The highest BCUT2D eigenvalue weighted by Crippen LogP contribution is 2.23. The molecule has 1 heterocycles. The van der Waals surface area contributed by atoms with E-state index < -0.39 is 0 Å². The van der Waals surface area contributed by atoms with E-state index >= 15 is 0 Å². The first kappa shape index (κ1) is 8.78. The maximum Gasteiger partial charge on any atom is 0.169 e. The number of carbonyl (C=O) groups excluding carboxylic acids is 1. The number of rotatable bonds is 0. The average Bonchev–Trinajstić information content (AvgIpc) is 2.06. The third kappa shape index (κ3) is 1.33. The van der Waals surface area contributed by atoms with Gasteiger partial charge in [0.2, 0.25) is 0 Å². The number of ketones is 1. The Morgan fingerprint density at radius 2 is 2.00 bits per heavy atom. The fourth-order valence-electron chi connectivity index (χ4n) is 1.21. The largest absolute Gasteiger partial charge is 0.492 e. The molecule has 2 nitrogen and oxygen atoms in total. The van der Waals surface area contributed by atoms with Crippen LogP contribution in [0.4, 0.5) is 0 Å². The molecule has 0 saturated carbocycles. The van der Waals surface area contributed by atoms with Crippen LogP contribution in [0.5, 0.6) is 5.75 Å². The van der Waals surface area contributed by atoms with Gasteiger partial charge in [0.15, 0.2) is 5.78 Å². The van der Waals surface area contributed by atoms with Gasteiger partial charge in [-0.1, -0.05) is 19.6 Å². The van der Waals surface area contributed by atoms with Gasteiger partial charge in [-0.05, 0) is 12.1 Å². The first-order chi connectivity index (χ1) is 5.38. The standard InChI is InChI=1S/C9H8O2.CH4/c10-8-5-6-11-9-4-2-1-3-7(8)9;/h1-4H,5-6H2;1H4. The van der Waals surface area contributed by atoms with Crippen LogP contribution in [0, 0.1) is 0 Å². The van der Waals surface area contributed by atoms with Crippen LogP contribution in [-0.2, 0) is 0 Å². The van der Waals surface area contributed by atoms with Crippen LogP contribution < -0.4 is 4.74 Å². The molecular weight excluding hydrogens is 152 g/mol. The van der Waals surface area contributed by atoms with Crippen molar-refractivity contribution in [2.24, 2.45) is 0 Å². The monoisotopic (exact) mass is 164 g/mol. The van der Waals surface area contributed by atoms with Crippen molar-refractivity contribution < 1.29 is 9.53 Å². The van der Waals surface area contributed by atoms with Gasteiger partial charge >= 0.3 is 0 Å². The predicted octanol–water partition coefficient (Wildman–Crippen LogP) is 2.29. The maximum absolute atomic E-state index is 11.2. The van der Waals surface area contributed by atoms with Gasteiger partial charge in [-0.15, -0.1) is 0 Å². The van der Waals surface area contributed by atoms with Gasteiger partial charge in [-0.25, -0.2) is 0 Å². The summed E-state index contributed by atoms with van der Waals surface area (Å²) in [4.78, 5) is 11.2. The third-order valence-corrected chi connectivity index (χ3v) is 1.77. The summed E-state index contributed by atoms with van der Waals surface area (Å²) in [6.07, 6.45) is 0.511. The van der Waals surface area contributed by atoms with Crippen LogP contribution in [0.3, 0.4) is 0 Å². The van der Waals surface area contributed by atoms with Crippen molar-refractivity contribution in [2.75, 3.05) is 6.61 Å². The van der Waals surface area contributed by atoms with E-state index in [0.29, 0.717) is 13.0 Å². The SMILES string of the molecule is C.O=C1CCOc2ccccc21. The number of fused-ring (bicyclic) bond motifs is 1. The normalized spacial score (nSPS) is 14.2. The summed E-state index contributed by atoms with van der Waals surface area (Å²) in [5.74, 6) is 0.913. The Morgan fingerprint density at radius 3 is 2.75 bits per heavy atom. The van der Waals surface area contributed by atoms with Gasteiger partial charge in [-0.3, -0.25) is 4.79 Å². The molecule has 0 radical (unpaired) electrons. The average molecular weight is 164 g/mol. The molecule has 1 aliphatic heterocycles. The molecule has 0 atom stereocenters. The predicted molar refractivity (Wildman–Crippen MR) is 47.6 cm³/mol. The van der Waals surface area contributed by atoms with Crippen molar-refractivity contribution in [1.82, 2.24) is 0 Å². The molecule has 0 aliphatic carbocycles. The minimum absolute atomic E-state index is 0. The molecule has 0 fully saturated rings. The zero-order valence-corrected chi connectivity index (χ0v) is 6.04. The summed E-state index contributed by atoms with van der Waals surface area (Å²) >= 11 is 0. The Balaban J connectivity index is 0.000000720. The molecule has 12 heavy (non-hydrogen) atoms. The molecule has 1 aromatic carbocycles. The molecule has 0 N–H and O–H groups in total. The highest BCUT2D eigenvalue weighted by molar-refractivity contribution is 5.99. The Morgan fingerprint density at radius 1 is 1.25 bits per heavy atom. The van der Waals surface area contributed by atoms with E-state index in [4.69, 9.17) is 4.74 Å². The fraction of sp³-hybridized carbons (Fsp3) is 0.300. The molecule has 0 spiro atoms. The van der Waals surface area contributed by atoms with E-state index in [1.165, 1.54) is 0 Å². The minimum Gasteiger partial charge on any atom is -0.492 e. The molecule has 1 aromatic rings. The van der Waals surface area contributed by atoms with Crippen molar-refractivity contribution in [3.63, 3.8) is 0 Å². The zero-order valence-electron chi connectivity index (χ0n) is 6.04. The van der Waals surface area contributed by atoms with Crippen LogP contribution in [-0.4, -0.2) is 12.4 Å². The summed E-state index contributed by atoms with van der Waals surface area (Å²) < 4.78 is 5.27. The van der Waals surface area contributed by atoms with E-state index in [1.54, 1.807) is 6.07 Å². The summed E-state index contributed by atoms with van der Waals surface area (Å²) in [5.41, 5.74) is 0.721. The van der Waals surface area contributed by atoms with Crippen molar-refractivity contribution in [3.8, 4) is 5.75 Å². The number of ether oxygens (including phenoxy) is 1.